The van der Waals surface area contributed by atoms with Crippen LogP contribution in [-0.4, -0.2) is 19.1 Å². The Balaban J connectivity index is 1.94. The fraction of sp³-hybridized carbons (Fsp3) is 0.588. The van der Waals surface area contributed by atoms with Crippen molar-refractivity contribution in [2.45, 2.75) is 51.5 Å². The van der Waals surface area contributed by atoms with E-state index in [1.54, 1.807) is 25.3 Å². The second-order valence-corrected chi connectivity index (χ2v) is 5.90. The number of hydrogen-bond donors (Lipinski definition) is 2. The van der Waals surface area contributed by atoms with Crippen molar-refractivity contribution in [1.82, 2.24) is 5.32 Å². The number of hydrogen-bond acceptors (Lipinski definition) is 3. The van der Waals surface area contributed by atoms with Crippen molar-refractivity contribution >= 4 is 11.6 Å². The highest BCUT2D eigenvalue weighted by Crippen LogP contribution is 2.29. The van der Waals surface area contributed by atoms with Crippen LogP contribution in [0.2, 0.25) is 0 Å². The molecule has 4 heteroatoms. The number of amides is 1. The first kappa shape index (κ1) is 15.7. The van der Waals surface area contributed by atoms with Crippen LogP contribution in [0.15, 0.2) is 18.2 Å². The molecule has 0 saturated heterocycles. The fourth-order valence-corrected chi connectivity index (χ4v) is 3.19. The van der Waals surface area contributed by atoms with Crippen LogP contribution in [0.25, 0.3) is 0 Å². The average Bonchev–Trinajstić information content (AvgIpc) is 2.49. The molecular weight excluding hydrogens is 264 g/mol. The van der Waals surface area contributed by atoms with Crippen LogP contribution in [0.5, 0.6) is 5.75 Å². The minimum atomic E-state index is -0.0923. The topological polar surface area (TPSA) is 64.3 Å². The lowest BCUT2D eigenvalue weighted by Crippen LogP contribution is -2.37. The van der Waals surface area contributed by atoms with Crippen LogP contribution in [-0.2, 0) is 0 Å². The van der Waals surface area contributed by atoms with Crippen molar-refractivity contribution in [1.29, 1.82) is 0 Å². The average molecular weight is 290 g/mol. The van der Waals surface area contributed by atoms with Gasteiger partial charge in [0, 0.05) is 6.04 Å². The highest BCUT2D eigenvalue weighted by Gasteiger charge is 2.23. The molecule has 1 aliphatic rings. The van der Waals surface area contributed by atoms with E-state index in [0.29, 0.717) is 17.0 Å². The van der Waals surface area contributed by atoms with Crippen LogP contribution >= 0.6 is 0 Å². The second kappa shape index (κ2) is 7.34. The van der Waals surface area contributed by atoms with E-state index in [9.17, 15) is 4.79 Å². The molecule has 1 fully saturated rings. The van der Waals surface area contributed by atoms with Crippen molar-refractivity contribution in [3.05, 3.63) is 23.8 Å². The largest absolute Gasteiger partial charge is 0.495 e. The van der Waals surface area contributed by atoms with Gasteiger partial charge in [-0.1, -0.05) is 25.8 Å². The maximum absolute atomic E-state index is 12.4. The first-order valence-corrected chi connectivity index (χ1v) is 7.89. The minimum absolute atomic E-state index is 0.0923. The molecule has 2 rings (SSSR count). The van der Waals surface area contributed by atoms with Gasteiger partial charge in [0.2, 0.25) is 0 Å². The quantitative estimate of drug-likeness (QED) is 0.817. The molecule has 0 spiro atoms. The number of anilines is 1. The van der Waals surface area contributed by atoms with E-state index >= 15 is 0 Å². The van der Waals surface area contributed by atoms with Gasteiger partial charge in [0.15, 0.2) is 0 Å². The molecule has 21 heavy (non-hydrogen) atoms. The summed E-state index contributed by atoms with van der Waals surface area (Å²) in [6.07, 6.45) is 7.13. The summed E-state index contributed by atoms with van der Waals surface area (Å²) in [5, 5.41) is 3.12. The van der Waals surface area contributed by atoms with Crippen LogP contribution in [0.4, 0.5) is 5.69 Å². The maximum atomic E-state index is 12.4. The summed E-state index contributed by atoms with van der Waals surface area (Å²) < 4.78 is 5.16. The van der Waals surface area contributed by atoms with E-state index in [-0.39, 0.29) is 11.9 Å². The third kappa shape index (κ3) is 3.90. The van der Waals surface area contributed by atoms with Crippen molar-refractivity contribution in [3.63, 3.8) is 0 Å². The van der Waals surface area contributed by atoms with Crippen LogP contribution in [0.1, 0.15) is 55.8 Å². The van der Waals surface area contributed by atoms with Crippen LogP contribution < -0.4 is 15.8 Å². The van der Waals surface area contributed by atoms with E-state index in [1.165, 1.54) is 25.7 Å². The normalized spacial score (nSPS) is 21.8. The lowest BCUT2D eigenvalue weighted by molar-refractivity contribution is 0.0921. The summed E-state index contributed by atoms with van der Waals surface area (Å²) in [7, 11) is 1.56. The van der Waals surface area contributed by atoms with Gasteiger partial charge in [0.1, 0.15) is 5.75 Å². The summed E-state index contributed by atoms with van der Waals surface area (Å²) in [5.41, 5.74) is 6.89. The standard InChI is InChI=1S/C17H26N2O2/c1-3-5-12-8-10-13(11-9-12)19-17(20)14-6-4-7-15(21-2)16(14)18/h4,6-7,12-13H,3,5,8-11,18H2,1-2H3,(H,19,20). The molecule has 0 aromatic heterocycles. The highest BCUT2D eigenvalue weighted by atomic mass is 16.5. The molecule has 1 saturated carbocycles. The minimum Gasteiger partial charge on any atom is -0.495 e. The molecule has 0 aliphatic heterocycles. The van der Waals surface area contributed by atoms with Crippen LogP contribution in [0, 0.1) is 5.92 Å². The lowest BCUT2D eigenvalue weighted by atomic mass is 9.83. The van der Waals surface area contributed by atoms with Gasteiger partial charge in [-0.3, -0.25) is 4.79 Å². The van der Waals surface area contributed by atoms with Crippen LogP contribution in [0.3, 0.4) is 0 Å². The molecule has 0 radical (unpaired) electrons. The molecular formula is C17H26N2O2. The molecule has 1 aromatic carbocycles. The molecule has 4 nitrogen and oxygen atoms in total. The van der Waals surface area contributed by atoms with Gasteiger partial charge in [-0.15, -0.1) is 0 Å². The third-order valence-corrected chi connectivity index (χ3v) is 4.41. The Labute approximate surface area is 127 Å². The maximum Gasteiger partial charge on any atom is 0.253 e. The SMILES string of the molecule is CCCC1CCC(NC(=O)c2cccc(OC)c2N)CC1. The van der Waals surface area contributed by atoms with Gasteiger partial charge in [0.25, 0.3) is 5.91 Å². The number of rotatable bonds is 5. The first-order chi connectivity index (χ1) is 10.2. The number of methoxy groups -OCH3 is 1. The molecule has 0 bridgehead atoms. The number of ether oxygens (including phenoxy) is 1. The molecule has 3 N–H and O–H groups in total. The smallest absolute Gasteiger partial charge is 0.253 e. The number of carbonyl (C=O) groups excluding carboxylic acids is 1. The van der Waals surface area contributed by atoms with Gasteiger partial charge in [0.05, 0.1) is 18.4 Å². The van der Waals surface area contributed by atoms with Gasteiger partial charge >= 0.3 is 0 Å². The van der Waals surface area contributed by atoms with Crippen molar-refractivity contribution in [3.8, 4) is 5.75 Å². The Bertz CT molecular complexity index is 480. The molecule has 0 unspecified atom stereocenters. The Kier molecular flexibility index (Phi) is 5.48. The summed E-state index contributed by atoms with van der Waals surface area (Å²) in [5.74, 6) is 1.30. The molecule has 1 amide bonds. The Morgan fingerprint density at radius 1 is 1.33 bits per heavy atom. The number of nitrogens with one attached hydrogen (secondary N) is 1. The number of benzene rings is 1. The van der Waals surface area contributed by atoms with E-state index in [0.717, 1.165) is 18.8 Å². The molecule has 0 heterocycles. The van der Waals surface area contributed by atoms with E-state index in [1.807, 2.05) is 0 Å². The summed E-state index contributed by atoms with van der Waals surface area (Å²) >= 11 is 0. The summed E-state index contributed by atoms with van der Waals surface area (Å²) in [4.78, 5) is 12.4. The number of nitrogen functional groups attached to an aromatic ring is 1. The summed E-state index contributed by atoms with van der Waals surface area (Å²) in [6.45, 7) is 2.24. The monoisotopic (exact) mass is 290 g/mol. The number of nitrogens with two attached hydrogens (primary N) is 1. The number of para-hydroxylation sites is 1. The van der Waals surface area contributed by atoms with Gasteiger partial charge in [-0.05, 0) is 43.7 Å². The van der Waals surface area contributed by atoms with Crippen molar-refractivity contribution in [2.75, 3.05) is 12.8 Å². The third-order valence-electron chi connectivity index (χ3n) is 4.41. The Morgan fingerprint density at radius 3 is 2.67 bits per heavy atom. The lowest BCUT2D eigenvalue weighted by Gasteiger charge is -2.29. The second-order valence-electron chi connectivity index (χ2n) is 5.90. The Morgan fingerprint density at radius 2 is 2.05 bits per heavy atom. The molecule has 116 valence electrons. The molecule has 0 atom stereocenters. The zero-order valence-electron chi connectivity index (χ0n) is 13.0. The fourth-order valence-electron chi connectivity index (χ4n) is 3.19. The predicted molar refractivity (Wildman–Crippen MR) is 85.5 cm³/mol. The summed E-state index contributed by atoms with van der Waals surface area (Å²) in [6, 6.07) is 5.58. The van der Waals surface area contributed by atoms with Crippen molar-refractivity contribution < 1.29 is 9.53 Å². The van der Waals surface area contributed by atoms with E-state index in [2.05, 4.69) is 12.2 Å². The highest BCUT2D eigenvalue weighted by molar-refractivity contribution is 6.00. The van der Waals surface area contributed by atoms with E-state index < -0.39 is 0 Å². The van der Waals surface area contributed by atoms with Gasteiger partial charge < -0.3 is 15.8 Å². The van der Waals surface area contributed by atoms with E-state index in [4.69, 9.17) is 10.5 Å². The number of carbonyl (C=O) groups is 1. The molecule has 1 aromatic rings. The van der Waals surface area contributed by atoms with Gasteiger partial charge in [-0.2, -0.15) is 0 Å². The predicted octanol–water partition coefficient (Wildman–Crippen LogP) is 3.37. The molecule has 1 aliphatic carbocycles. The zero-order valence-corrected chi connectivity index (χ0v) is 13.0. The van der Waals surface area contributed by atoms with Crippen molar-refractivity contribution in [2.24, 2.45) is 5.92 Å². The van der Waals surface area contributed by atoms with Gasteiger partial charge in [-0.25, -0.2) is 0 Å². The zero-order chi connectivity index (χ0) is 15.2. The first-order valence-electron chi connectivity index (χ1n) is 7.89. The Hall–Kier alpha value is -1.71.